The number of rotatable bonds is 12. The minimum Gasteiger partial charge on any atom is -0.356 e. The minimum absolute atomic E-state index is 0.151. The van der Waals surface area contributed by atoms with E-state index >= 15 is 0 Å². The summed E-state index contributed by atoms with van der Waals surface area (Å²) in [5, 5.41) is 2.23. The molecule has 6 nitrogen and oxygen atoms in total. The van der Waals surface area contributed by atoms with Gasteiger partial charge in [-0.05, 0) is 131 Å². The van der Waals surface area contributed by atoms with E-state index in [-0.39, 0.29) is 5.91 Å². The molecule has 0 saturated heterocycles. The number of amides is 1. The molecule has 7 heteroatoms. The molecule has 4 saturated carbocycles. The third kappa shape index (κ3) is 6.71. The molecule has 0 aromatic heterocycles. The van der Waals surface area contributed by atoms with Gasteiger partial charge in [-0.2, -0.15) is 8.42 Å². The second-order valence-corrected chi connectivity index (χ2v) is 16.4. The van der Waals surface area contributed by atoms with Crippen molar-refractivity contribution in [2.24, 2.45) is 46.3 Å². The largest absolute Gasteiger partial charge is 0.356 e. The zero-order valence-corrected chi connectivity index (χ0v) is 26.4. The van der Waals surface area contributed by atoms with Gasteiger partial charge in [0, 0.05) is 13.0 Å². The first-order valence-corrected chi connectivity index (χ1v) is 17.8. The zero-order chi connectivity index (χ0) is 28.4. The summed E-state index contributed by atoms with van der Waals surface area (Å²) in [7, 11) is -0.732. The van der Waals surface area contributed by atoms with Crippen LogP contribution in [0.2, 0.25) is 0 Å². The highest BCUT2D eigenvalue weighted by atomic mass is 32.2. The van der Waals surface area contributed by atoms with Gasteiger partial charge in [0.15, 0.2) is 0 Å². The molecule has 226 valence electrons. The average Bonchev–Trinajstić information content (AvgIpc) is 3.22. The molecular weight excluding hydrogens is 508 g/mol. The molecule has 4 rings (SSSR count). The van der Waals surface area contributed by atoms with Crippen LogP contribution in [-0.4, -0.2) is 49.8 Å². The molecule has 0 heterocycles. The molecule has 9 atom stereocenters. The summed E-state index contributed by atoms with van der Waals surface area (Å²) in [5.41, 5.74) is 1.07. The maximum absolute atomic E-state index is 12.6. The molecule has 4 aliphatic carbocycles. The highest BCUT2D eigenvalue weighted by molar-refractivity contribution is 7.86. The lowest BCUT2D eigenvalue weighted by Crippen LogP contribution is -2.53. The van der Waals surface area contributed by atoms with Crippen molar-refractivity contribution in [2.75, 3.05) is 20.6 Å². The molecular formula is C32H58N2O4S. The van der Waals surface area contributed by atoms with Gasteiger partial charge in [0.25, 0.3) is 10.1 Å². The summed E-state index contributed by atoms with van der Waals surface area (Å²) in [6, 6.07) is 0. The summed E-state index contributed by atoms with van der Waals surface area (Å²) in [4.78, 5) is 14.2. The van der Waals surface area contributed by atoms with Gasteiger partial charge >= 0.3 is 0 Å². The third-order valence-electron chi connectivity index (χ3n) is 12.5. The molecule has 0 bridgehead atoms. The van der Waals surface area contributed by atoms with Crippen LogP contribution in [0, 0.1) is 46.3 Å². The van der Waals surface area contributed by atoms with Crippen molar-refractivity contribution in [1.29, 1.82) is 0 Å². The number of carbonyl (C=O) groups is 1. The molecule has 0 spiro atoms. The summed E-state index contributed by atoms with van der Waals surface area (Å²) >= 11 is 0. The molecule has 0 aromatic carbocycles. The van der Waals surface area contributed by atoms with Crippen LogP contribution in [0.15, 0.2) is 0 Å². The van der Waals surface area contributed by atoms with Crippen molar-refractivity contribution in [3.63, 3.8) is 0 Å². The van der Waals surface area contributed by atoms with Crippen LogP contribution in [0.5, 0.6) is 0 Å². The van der Waals surface area contributed by atoms with E-state index < -0.39 is 15.5 Å². The fourth-order valence-electron chi connectivity index (χ4n) is 10.4. The van der Waals surface area contributed by atoms with Gasteiger partial charge in [-0.15, -0.1) is 0 Å². The Hall–Kier alpha value is -0.660. The van der Waals surface area contributed by atoms with E-state index in [4.69, 9.17) is 0 Å². The Morgan fingerprint density at radius 2 is 1.67 bits per heavy atom. The predicted octanol–water partition coefficient (Wildman–Crippen LogP) is 6.90. The lowest BCUT2D eigenvalue weighted by Gasteiger charge is -2.61. The smallest absolute Gasteiger partial charge is 0.281 e. The zero-order valence-electron chi connectivity index (χ0n) is 25.6. The number of hydrogen-bond donors (Lipinski definition) is 2. The SMILES string of the molecule is C[C@H](CCC(=O)NCCCCCC(N(C)C)S(=O)(=O)O)[C@H]1CC[C@H]2[C@@H]3CCC4CCCC[C@]4(C)[C@H]3CC[C@]12C. The molecule has 2 unspecified atom stereocenters. The van der Waals surface area contributed by atoms with Crippen LogP contribution in [0.25, 0.3) is 0 Å². The summed E-state index contributed by atoms with van der Waals surface area (Å²) in [6.45, 7) is 8.34. The van der Waals surface area contributed by atoms with Crippen molar-refractivity contribution >= 4 is 16.0 Å². The Morgan fingerprint density at radius 3 is 2.38 bits per heavy atom. The first kappa shape index (κ1) is 31.3. The van der Waals surface area contributed by atoms with Gasteiger partial charge in [0.1, 0.15) is 5.37 Å². The van der Waals surface area contributed by atoms with Gasteiger partial charge in [0.2, 0.25) is 5.91 Å². The highest BCUT2D eigenvalue weighted by Crippen LogP contribution is 2.68. The molecule has 2 N–H and O–H groups in total. The average molecular weight is 567 g/mol. The van der Waals surface area contributed by atoms with E-state index in [1.165, 1.54) is 64.2 Å². The Kier molecular flexibility index (Phi) is 10.2. The summed E-state index contributed by atoms with van der Waals surface area (Å²) in [6.07, 6.45) is 18.8. The minimum atomic E-state index is -4.06. The Labute approximate surface area is 239 Å². The van der Waals surface area contributed by atoms with Gasteiger partial charge in [-0.25, -0.2) is 0 Å². The van der Waals surface area contributed by atoms with Crippen LogP contribution in [0.1, 0.15) is 124 Å². The molecule has 39 heavy (non-hydrogen) atoms. The fraction of sp³-hybridized carbons (Fsp3) is 0.969. The normalized spacial score (nSPS) is 38.0. The van der Waals surface area contributed by atoms with E-state index in [0.29, 0.717) is 42.6 Å². The number of fused-ring (bicyclic) bond motifs is 5. The van der Waals surface area contributed by atoms with Crippen molar-refractivity contribution in [3.05, 3.63) is 0 Å². The molecule has 4 fully saturated rings. The topological polar surface area (TPSA) is 86.7 Å². The quantitative estimate of drug-likeness (QED) is 0.198. The first-order chi connectivity index (χ1) is 18.4. The van der Waals surface area contributed by atoms with Gasteiger partial charge in [-0.1, -0.05) is 46.5 Å². The Morgan fingerprint density at radius 1 is 0.923 bits per heavy atom. The lowest BCUT2D eigenvalue weighted by atomic mass is 9.44. The third-order valence-corrected chi connectivity index (χ3v) is 13.9. The van der Waals surface area contributed by atoms with E-state index in [2.05, 4.69) is 26.1 Å². The standard InChI is InChI=1S/C32H58N2O4S/c1-23(13-18-29(35)33-22-10-6-7-12-30(34(4)5)39(36,37)38)26-16-17-27-25-15-14-24-11-8-9-20-31(24,2)28(25)19-21-32(26,27)3/h23-28,30H,6-22H2,1-5H3,(H,33,35)(H,36,37,38)/t23-,24?,25+,26-,27+,28+,30?,31+,32-/m1/s1. The fourth-order valence-corrected chi connectivity index (χ4v) is 11.4. The van der Waals surface area contributed by atoms with Crippen LogP contribution >= 0.6 is 0 Å². The Bertz CT molecular complexity index is 938. The predicted molar refractivity (Wildman–Crippen MR) is 159 cm³/mol. The van der Waals surface area contributed by atoms with Gasteiger partial charge in [0.05, 0.1) is 0 Å². The second-order valence-electron chi connectivity index (χ2n) is 14.8. The van der Waals surface area contributed by atoms with Crippen LogP contribution in [-0.2, 0) is 14.9 Å². The number of hydrogen-bond acceptors (Lipinski definition) is 4. The molecule has 0 aliphatic heterocycles. The maximum Gasteiger partial charge on any atom is 0.281 e. The van der Waals surface area contributed by atoms with Crippen LogP contribution < -0.4 is 5.32 Å². The van der Waals surface area contributed by atoms with E-state index in [9.17, 15) is 17.8 Å². The summed E-state index contributed by atoms with van der Waals surface area (Å²) in [5.74, 6) is 5.26. The van der Waals surface area contributed by atoms with E-state index in [0.717, 1.165) is 48.9 Å². The first-order valence-electron chi connectivity index (χ1n) is 16.3. The number of nitrogens with one attached hydrogen (secondary N) is 1. The van der Waals surface area contributed by atoms with Crippen LogP contribution in [0.3, 0.4) is 0 Å². The van der Waals surface area contributed by atoms with Crippen LogP contribution in [0.4, 0.5) is 0 Å². The van der Waals surface area contributed by atoms with E-state index in [1.54, 1.807) is 19.0 Å². The number of carbonyl (C=O) groups excluding carboxylic acids is 1. The molecule has 1 amide bonds. The maximum atomic E-state index is 12.6. The van der Waals surface area contributed by atoms with E-state index in [1.807, 2.05) is 0 Å². The van der Waals surface area contributed by atoms with Gasteiger partial charge in [-0.3, -0.25) is 14.2 Å². The molecule has 0 radical (unpaired) electrons. The highest BCUT2D eigenvalue weighted by Gasteiger charge is 2.60. The monoisotopic (exact) mass is 566 g/mol. The second kappa shape index (κ2) is 12.7. The van der Waals surface area contributed by atoms with Gasteiger partial charge < -0.3 is 5.32 Å². The van der Waals surface area contributed by atoms with Crippen molar-refractivity contribution in [3.8, 4) is 0 Å². The molecule has 4 aliphatic rings. The molecule has 0 aromatic rings. The number of unbranched alkanes of at least 4 members (excludes halogenated alkanes) is 2. The summed E-state index contributed by atoms with van der Waals surface area (Å²) < 4.78 is 32.3. The Balaban J connectivity index is 1.19. The lowest BCUT2D eigenvalue weighted by molar-refractivity contribution is -0.122. The van der Waals surface area contributed by atoms with Crippen molar-refractivity contribution in [2.45, 2.75) is 129 Å². The van der Waals surface area contributed by atoms with Crippen molar-refractivity contribution < 1.29 is 17.8 Å². The van der Waals surface area contributed by atoms with Crippen molar-refractivity contribution in [1.82, 2.24) is 10.2 Å². The number of nitrogens with zero attached hydrogens (tertiary/aromatic N) is 1.